The SMILES string of the molecule is CCNc1ncccc1S(=O)(=O)NCCc1nc(C)cs1. The van der Waals surface area contributed by atoms with Gasteiger partial charge >= 0.3 is 0 Å². The smallest absolute Gasteiger partial charge is 0.244 e. The van der Waals surface area contributed by atoms with Crippen LogP contribution in [0, 0.1) is 6.92 Å². The number of hydrogen-bond donors (Lipinski definition) is 2. The van der Waals surface area contributed by atoms with E-state index in [2.05, 4.69) is 20.0 Å². The molecule has 0 atom stereocenters. The minimum atomic E-state index is -3.57. The number of hydrogen-bond acceptors (Lipinski definition) is 6. The molecule has 0 bridgehead atoms. The predicted molar refractivity (Wildman–Crippen MR) is 84.1 cm³/mol. The second kappa shape index (κ2) is 6.97. The van der Waals surface area contributed by atoms with Crippen LogP contribution < -0.4 is 10.0 Å². The van der Waals surface area contributed by atoms with E-state index < -0.39 is 10.0 Å². The first kappa shape index (κ1) is 15.9. The first-order valence-electron chi connectivity index (χ1n) is 6.62. The molecule has 2 heterocycles. The van der Waals surface area contributed by atoms with Crippen molar-refractivity contribution in [2.24, 2.45) is 0 Å². The number of thiazole rings is 1. The van der Waals surface area contributed by atoms with Gasteiger partial charge in [0.1, 0.15) is 10.7 Å². The highest BCUT2D eigenvalue weighted by atomic mass is 32.2. The fourth-order valence-electron chi connectivity index (χ4n) is 1.80. The van der Waals surface area contributed by atoms with Crippen LogP contribution in [-0.4, -0.2) is 31.5 Å². The monoisotopic (exact) mass is 326 g/mol. The molecule has 0 unspecified atom stereocenters. The van der Waals surface area contributed by atoms with Gasteiger partial charge in [0.05, 0.1) is 5.01 Å². The number of rotatable bonds is 7. The summed E-state index contributed by atoms with van der Waals surface area (Å²) in [4.78, 5) is 8.54. The molecular weight excluding hydrogens is 308 g/mol. The van der Waals surface area contributed by atoms with Crippen molar-refractivity contribution in [2.45, 2.75) is 25.2 Å². The number of aromatic nitrogens is 2. The van der Waals surface area contributed by atoms with Gasteiger partial charge < -0.3 is 5.32 Å². The third-order valence-electron chi connectivity index (χ3n) is 2.70. The summed E-state index contributed by atoms with van der Waals surface area (Å²) in [5, 5.41) is 5.83. The molecule has 0 radical (unpaired) electrons. The summed E-state index contributed by atoms with van der Waals surface area (Å²) in [6.07, 6.45) is 2.14. The number of nitrogens with one attached hydrogen (secondary N) is 2. The topological polar surface area (TPSA) is 84.0 Å². The summed E-state index contributed by atoms with van der Waals surface area (Å²) in [6.45, 7) is 4.74. The quantitative estimate of drug-likeness (QED) is 0.810. The number of sulfonamides is 1. The lowest BCUT2D eigenvalue weighted by Gasteiger charge is -2.10. The molecule has 2 rings (SSSR count). The van der Waals surface area contributed by atoms with Crippen molar-refractivity contribution >= 4 is 27.2 Å². The Morgan fingerprint density at radius 2 is 2.19 bits per heavy atom. The Morgan fingerprint density at radius 3 is 2.86 bits per heavy atom. The maximum absolute atomic E-state index is 12.3. The summed E-state index contributed by atoms with van der Waals surface area (Å²) in [6, 6.07) is 3.15. The number of pyridine rings is 1. The predicted octanol–water partition coefficient (Wildman–Crippen LogP) is 1.80. The molecule has 6 nitrogen and oxygen atoms in total. The van der Waals surface area contributed by atoms with Crippen LogP contribution in [0.3, 0.4) is 0 Å². The zero-order valence-corrected chi connectivity index (χ0v) is 13.6. The first-order valence-corrected chi connectivity index (χ1v) is 8.99. The van der Waals surface area contributed by atoms with E-state index >= 15 is 0 Å². The van der Waals surface area contributed by atoms with E-state index in [0.29, 0.717) is 25.3 Å². The third-order valence-corrected chi connectivity index (χ3v) is 5.22. The van der Waals surface area contributed by atoms with Crippen molar-refractivity contribution < 1.29 is 8.42 Å². The van der Waals surface area contributed by atoms with E-state index in [9.17, 15) is 8.42 Å². The summed E-state index contributed by atoms with van der Waals surface area (Å²) in [5.74, 6) is 0.373. The van der Waals surface area contributed by atoms with Crippen LogP contribution in [0.25, 0.3) is 0 Å². The minimum absolute atomic E-state index is 0.169. The molecule has 114 valence electrons. The van der Waals surface area contributed by atoms with E-state index in [4.69, 9.17) is 0 Å². The molecule has 0 spiro atoms. The molecule has 0 amide bonds. The lowest BCUT2D eigenvalue weighted by atomic mass is 10.4. The normalized spacial score (nSPS) is 11.5. The lowest BCUT2D eigenvalue weighted by Crippen LogP contribution is -2.27. The van der Waals surface area contributed by atoms with Gasteiger partial charge in [0.2, 0.25) is 10.0 Å². The van der Waals surface area contributed by atoms with Gasteiger partial charge in [-0.3, -0.25) is 0 Å². The van der Waals surface area contributed by atoms with Crippen LogP contribution in [0.2, 0.25) is 0 Å². The Morgan fingerprint density at radius 1 is 1.38 bits per heavy atom. The molecule has 0 aliphatic carbocycles. The summed E-state index contributed by atoms with van der Waals surface area (Å²) in [7, 11) is -3.57. The summed E-state index contributed by atoms with van der Waals surface area (Å²) < 4.78 is 27.2. The average molecular weight is 326 g/mol. The third kappa shape index (κ3) is 4.23. The van der Waals surface area contributed by atoms with Gasteiger partial charge in [-0.05, 0) is 26.0 Å². The van der Waals surface area contributed by atoms with Crippen molar-refractivity contribution in [1.29, 1.82) is 0 Å². The maximum atomic E-state index is 12.3. The second-order valence-corrected chi connectivity index (χ2v) is 7.09. The van der Waals surface area contributed by atoms with Gasteiger partial charge in [0.15, 0.2) is 0 Å². The molecule has 2 aromatic heterocycles. The molecule has 2 N–H and O–H groups in total. The Balaban J connectivity index is 2.04. The average Bonchev–Trinajstić information content (AvgIpc) is 2.85. The number of nitrogens with zero attached hydrogens (tertiary/aromatic N) is 2. The molecule has 0 saturated carbocycles. The summed E-state index contributed by atoms with van der Waals surface area (Å²) >= 11 is 1.54. The van der Waals surface area contributed by atoms with E-state index in [1.165, 1.54) is 11.3 Å². The van der Waals surface area contributed by atoms with E-state index in [-0.39, 0.29) is 4.90 Å². The van der Waals surface area contributed by atoms with Crippen LogP contribution in [0.15, 0.2) is 28.6 Å². The maximum Gasteiger partial charge on any atom is 0.244 e. The molecule has 0 aliphatic rings. The van der Waals surface area contributed by atoms with Crippen LogP contribution in [-0.2, 0) is 16.4 Å². The van der Waals surface area contributed by atoms with Gasteiger partial charge in [0.25, 0.3) is 0 Å². The van der Waals surface area contributed by atoms with Crippen LogP contribution in [0.5, 0.6) is 0 Å². The molecule has 0 fully saturated rings. The van der Waals surface area contributed by atoms with Crippen LogP contribution in [0.4, 0.5) is 5.82 Å². The van der Waals surface area contributed by atoms with Gasteiger partial charge in [-0.25, -0.2) is 23.1 Å². The Labute approximate surface area is 128 Å². The van der Waals surface area contributed by atoms with Crippen LogP contribution in [0.1, 0.15) is 17.6 Å². The molecule has 21 heavy (non-hydrogen) atoms. The van der Waals surface area contributed by atoms with E-state index in [1.54, 1.807) is 18.3 Å². The molecule has 8 heteroatoms. The standard InChI is InChI=1S/C13H18N4O2S2/c1-3-14-13-11(5-4-7-15-13)21(18,19)16-8-6-12-17-10(2)9-20-12/h4-5,7,9,16H,3,6,8H2,1-2H3,(H,14,15). The Hall–Kier alpha value is -1.51. The summed E-state index contributed by atoms with van der Waals surface area (Å²) in [5.41, 5.74) is 0.958. The zero-order valence-electron chi connectivity index (χ0n) is 12.0. The molecule has 0 aromatic carbocycles. The molecule has 0 aliphatic heterocycles. The van der Waals surface area contributed by atoms with E-state index in [0.717, 1.165) is 10.7 Å². The Kier molecular flexibility index (Phi) is 5.27. The fourth-order valence-corrected chi connectivity index (χ4v) is 3.73. The van der Waals surface area contributed by atoms with Gasteiger partial charge in [-0.2, -0.15) is 0 Å². The molecule has 0 saturated heterocycles. The van der Waals surface area contributed by atoms with Crippen molar-refractivity contribution in [3.8, 4) is 0 Å². The largest absolute Gasteiger partial charge is 0.369 e. The van der Waals surface area contributed by atoms with Crippen LogP contribution >= 0.6 is 11.3 Å². The first-order chi connectivity index (χ1) is 10.0. The van der Waals surface area contributed by atoms with Gasteiger partial charge in [0, 0.05) is 36.8 Å². The van der Waals surface area contributed by atoms with E-state index in [1.807, 2.05) is 19.2 Å². The van der Waals surface area contributed by atoms with Gasteiger partial charge in [-0.1, -0.05) is 0 Å². The second-order valence-electron chi connectivity index (χ2n) is 4.41. The van der Waals surface area contributed by atoms with Crippen molar-refractivity contribution in [3.63, 3.8) is 0 Å². The highest BCUT2D eigenvalue weighted by Crippen LogP contribution is 2.17. The zero-order chi connectivity index (χ0) is 15.3. The number of anilines is 1. The highest BCUT2D eigenvalue weighted by molar-refractivity contribution is 7.89. The lowest BCUT2D eigenvalue weighted by molar-refractivity contribution is 0.581. The molecular formula is C13H18N4O2S2. The van der Waals surface area contributed by atoms with Crippen molar-refractivity contribution in [3.05, 3.63) is 34.4 Å². The minimum Gasteiger partial charge on any atom is -0.369 e. The van der Waals surface area contributed by atoms with Crippen molar-refractivity contribution in [1.82, 2.24) is 14.7 Å². The molecule has 2 aromatic rings. The van der Waals surface area contributed by atoms with Gasteiger partial charge in [-0.15, -0.1) is 11.3 Å². The highest BCUT2D eigenvalue weighted by Gasteiger charge is 2.18. The number of aryl methyl sites for hydroxylation is 1. The van der Waals surface area contributed by atoms with Crippen molar-refractivity contribution in [2.75, 3.05) is 18.4 Å². The Bertz CT molecular complexity index is 698. The fraction of sp³-hybridized carbons (Fsp3) is 0.385.